The molecule has 0 radical (unpaired) electrons. The van der Waals surface area contributed by atoms with Crippen molar-refractivity contribution >= 4 is 16.1 Å². The molecule has 0 spiro atoms. The molecule has 0 aromatic heterocycles. The largest absolute Gasteiger partial charge is 0.478 e. The monoisotopic (exact) mass is 216 g/mol. The maximum atomic E-state index is 11.2. The molecule has 6 heteroatoms. The zero-order valence-corrected chi connectivity index (χ0v) is 8.11. The normalized spacial score (nSPS) is 11.2. The first-order chi connectivity index (χ1) is 6.47. The van der Waals surface area contributed by atoms with Gasteiger partial charge in [0.2, 0.25) is 0 Å². The van der Waals surface area contributed by atoms with Crippen LogP contribution in [-0.2, 0) is 14.3 Å². The van der Waals surface area contributed by atoms with Crippen LogP contribution in [0.25, 0.3) is 0 Å². The Balaban J connectivity index is 3.26. The summed E-state index contributed by atoms with van der Waals surface area (Å²) < 4.78 is 26.6. The molecule has 0 heterocycles. The first-order valence-electron chi connectivity index (χ1n) is 3.61. The predicted octanol–water partition coefficient (Wildman–Crippen LogP) is 0.720. The fourth-order valence-corrected chi connectivity index (χ4v) is 1.59. The third kappa shape index (κ3) is 2.09. The number of carbonyl (C=O) groups is 1. The first kappa shape index (κ1) is 10.7. The average molecular weight is 216 g/mol. The van der Waals surface area contributed by atoms with Gasteiger partial charge in [0, 0.05) is 0 Å². The van der Waals surface area contributed by atoms with Gasteiger partial charge in [-0.05, 0) is 18.2 Å². The molecule has 0 amide bonds. The van der Waals surface area contributed by atoms with Gasteiger partial charge in [-0.15, -0.1) is 0 Å². The van der Waals surface area contributed by atoms with Crippen molar-refractivity contribution in [3.05, 3.63) is 29.8 Å². The third-order valence-electron chi connectivity index (χ3n) is 1.59. The van der Waals surface area contributed by atoms with Gasteiger partial charge in [-0.25, -0.2) is 4.79 Å². The maximum Gasteiger partial charge on any atom is 0.335 e. The Hall–Kier alpha value is -1.40. The van der Waals surface area contributed by atoms with E-state index in [4.69, 9.17) is 5.11 Å². The Morgan fingerprint density at radius 1 is 1.43 bits per heavy atom. The lowest BCUT2D eigenvalue weighted by molar-refractivity contribution is 0.0696. The molecule has 1 rings (SSSR count). The standard InChI is InChI=1S/C8H8O5S/c1-13-14(11,12)7-4-2-3-6(5-7)8(9)10/h2-5H,1H3,(H,9,10). The second-order valence-corrected chi connectivity index (χ2v) is 4.17. The van der Waals surface area contributed by atoms with E-state index in [1.165, 1.54) is 18.2 Å². The van der Waals surface area contributed by atoms with E-state index < -0.39 is 16.1 Å². The minimum Gasteiger partial charge on any atom is -0.478 e. The Morgan fingerprint density at radius 2 is 2.07 bits per heavy atom. The van der Waals surface area contributed by atoms with Crippen molar-refractivity contribution in [3.8, 4) is 0 Å². The second-order valence-electron chi connectivity index (χ2n) is 2.45. The molecule has 0 aliphatic rings. The highest BCUT2D eigenvalue weighted by Crippen LogP contribution is 2.13. The molecule has 0 unspecified atom stereocenters. The minimum absolute atomic E-state index is 0.0943. The molecule has 0 fully saturated rings. The number of hydrogen-bond donors (Lipinski definition) is 1. The van der Waals surface area contributed by atoms with Gasteiger partial charge in [-0.1, -0.05) is 6.07 Å². The van der Waals surface area contributed by atoms with E-state index >= 15 is 0 Å². The number of carboxylic acids is 1. The lowest BCUT2D eigenvalue weighted by atomic mass is 10.2. The first-order valence-corrected chi connectivity index (χ1v) is 5.02. The van der Waals surface area contributed by atoms with Crippen molar-refractivity contribution in [1.82, 2.24) is 0 Å². The van der Waals surface area contributed by atoms with Crippen molar-refractivity contribution in [3.63, 3.8) is 0 Å². The molecule has 1 N–H and O–H groups in total. The summed E-state index contributed by atoms with van der Waals surface area (Å²) in [5.41, 5.74) is -0.0943. The molecular formula is C8H8O5S. The Morgan fingerprint density at radius 3 is 2.57 bits per heavy atom. The van der Waals surface area contributed by atoms with Gasteiger partial charge < -0.3 is 5.11 Å². The zero-order valence-electron chi connectivity index (χ0n) is 7.30. The van der Waals surface area contributed by atoms with Gasteiger partial charge in [0.05, 0.1) is 17.6 Å². The Kier molecular flexibility index (Phi) is 2.87. The van der Waals surface area contributed by atoms with Crippen molar-refractivity contribution in [2.24, 2.45) is 0 Å². The van der Waals surface area contributed by atoms with E-state index in [9.17, 15) is 13.2 Å². The van der Waals surface area contributed by atoms with E-state index in [0.717, 1.165) is 13.2 Å². The molecule has 1 aromatic rings. The lowest BCUT2D eigenvalue weighted by Gasteiger charge is -2.01. The van der Waals surface area contributed by atoms with E-state index in [-0.39, 0.29) is 10.5 Å². The molecule has 0 aliphatic heterocycles. The average Bonchev–Trinajstić information content (AvgIpc) is 2.18. The van der Waals surface area contributed by atoms with Crippen LogP contribution in [0.4, 0.5) is 0 Å². The fourth-order valence-electron chi connectivity index (χ4n) is 0.881. The van der Waals surface area contributed by atoms with Crippen LogP contribution in [0.1, 0.15) is 10.4 Å². The zero-order chi connectivity index (χ0) is 10.8. The van der Waals surface area contributed by atoms with Gasteiger partial charge in [0.1, 0.15) is 0 Å². The van der Waals surface area contributed by atoms with Crippen LogP contribution < -0.4 is 0 Å². The van der Waals surface area contributed by atoms with Crippen LogP contribution in [-0.4, -0.2) is 26.6 Å². The minimum atomic E-state index is -3.82. The van der Waals surface area contributed by atoms with Gasteiger partial charge in [0.25, 0.3) is 10.1 Å². The van der Waals surface area contributed by atoms with Crippen LogP contribution in [0.3, 0.4) is 0 Å². The van der Waals surface area contributed by atoms with Crippen molar-refractivity contribution < 1.29 is 22.5 Å². The van der Waals surface area contributed by atoms with Gasteiger partial charge in [-0.3, -0.25) is 4.18 Å². The number of benzene rings is 1. The smallest absolute Gasteiger partial charge is 0.335 e. The molecule has 0 saturated carbocycles. The van der Waals surface area contributed by atoms with Crippen molar-refractivity contribution in [1.29, 1.82) is 0 Å². The van der Waals surface area contributed by atoms with E-state index in [1.54, 1.807) is 0 Å². The van der Waals surface area contributed by atoms with Gasteiger partial charge in [-0.2, -0.15) is 8.42 Å². The third-order valence-corrected chi connectivity index (χ3v) is 2.86. The van der Waals surface area contributed by atoms with Gasteiger partial charge >= 0.3 is 5.97 Å². The summed E-state index contributed by atoms with van der Waals surface area (Å²) in [5, 5.41) is 8.61. The SMILES string of the molecule is COS(=O)(=O)c1cccc(C(=O)O)c1. The van der Waals surface area contributed by atoms with E-state index in [1.807, 2.05) is 0 Å². The van der Waals surface area contributed by atoms with Crippen LogP contribution in [0.5, 0.6) is 0 Å². The molecule has 5 nitrogen and oxygen atoms in total. The summed E-state index contributed by atoms with van der Waals surface area (Å²) in [6.07, 6.45) is 0. The Labute approximate surface area is 81.1 Å². The molecule has 14 heavy (non-hydrogen) atoms. The second kappa shape index (κ2) is 3.77. The van der Waals surface area contributed by atoms with E-state index in [2.05, 4.69) is 4.18 Å². The Bertz CT molecular complexity index is 449. The molecule has 0 aliphatic carbocycles. The summed E-state index contributed by atoms with van der Waals surface area (Å²) in [7, 11) is -2.80. The fraction of sp³-hybridized carbons (Fsp3) is 0.125. The van der Waals surface area contributed by atoms with Gasteiger partial charge in [0.15, 0.2) is 0 Å². The number of rotatable bonds is 3. The number of carboxylic acid groups (broad SMARTS) is 1. The van der Waals surface area contributed by atoms with Crippen LogP contribution in [0.15, 0.2) is 29.2 Å². The summed E-state index contributed by atoms with van der Waals surface area (Å²) >= 11 is 0. The maximum absolute atomic E-state index is 11.2. The van der Waals surface area contributed by atoms with Crippen molar-refractivity contribution in [2.45, 2.75) is 4.90 Å². The highest BCUT2D eigenvalue weighted by molar-refractivity contribution is 7.86. The quantitative estimate of drug-likeness (QED) is 0.753. The summed E-state index contributed by atoms with van der Waals surface area (Å²) in [5.74, 6) is -1.18. The highest BCUT2D eigenvalue weighted by atomic mass is 32.2. The van der Waals surface area contributed by atoms with Crippen molar-refractivity contribution in [2.75, 3.05) is 7.11 Å². The molecule has 76 valence electrons. The summed E-state index contributed by atoms with van der Waals surface area (Å²) in [6, 6.07) is 4.96. The van der Waals surface area contributed by atoms with Crippen LogP contribution in [0, 0.1) is 0 Å². The summed E-state index contributed by atoms with van der Waals surface area (Å²) in [4.78, 5) is 10.4. The molecular weight excluding hydrogens is 208 g/mol. The molecule has 0 saturated heterocycles. The molecule has 0 atom stereocenters. The topological polar surface area (TPSA) is 80.7 Å². The van der Waals surface area contributed by atoms with Crippen LogP contribution in [0.2, 0.25) is 0 Å². The number of aromatic carboxylic acids is 1. The molecule has 1 aromatic carbocycles. The summed E-state index contributed by atoms with van der Waals surface area (Å²) in [6.45, 7) is 0. The highest BCUT2D eigenvalue weighted by Gasteiger charge is 2.14. The predicted molar refractivity (Wildman–Crippen MR) is 47.6 cm³/mol. The molecule has 0 bridgehead atoms. The number of hydrogen-bond acceptors (Lipinski definition) is 4. The van der Waals surface area contributed by atoms with E-state index in [0.29, 0.717) is 0 Å². The lowest BCUT2D eigenvalue weighted by Crippen LogP contribution is -2.05. The van der Waals surface area contributed by atoms with Crippen LogP contribution >= 0.6 is 0 Å².